The van der Waals surface area contributed by atoms with E-state index in [1.165, 1.54) is 0 Å². The van der Waals surface area contributed by atoms with Crippen LogP contribution in [0.5, 0.6) is 0 Å². The van der Waals surface area contributed by atoms with Crippen LogP contribution in [0.1, 0.15) is 45.4 Å². The number of aromatic nitrogens is 2. The second kappa shape index (κ2) is 7.24. The third-order valence-corrected chi connectivity index (χ3v) is 5.24. The molecule has 0 aliphatic rings. The second-order valence-electron chi connectivity index (χ2n) is 5.57. The van der Waals surface area contributed by atoms with Gasteiger partial charge in [-0.05, 0) is 38.0 Å². The molecule has 0 bridgehead atoms. The molecule has 0 radical (unpaired) electrons. The van der Waals surface area contributed by atoms with Gasteiger partial charge in [0.1, 0.15) is 5.82 Å². The van der Waals surface area contributed by atoms with E-state index in [0.29, 0.717) is 6.54 Å². The summed E-state index contributed by atoms with van der Waals surface area (Å²) in [5, 5.41) is 0. The summed E-state index contributed by atoms with van der Waals surface area (Å²) < 4.78 is 29.3. The van der Waals surface area contributed by atoms with Crippen LogP contribution in [-0.2, 0) is 16.6 Å². The SMILES string of the molecule is CCCCNS(=O)(=O)c1ccc2c(c1)nc(C)n2CCCC. The van der Waals surface area contributed by atoms with E-state index in [-0.39, 0.29) is 4.90 Å². The number of sulfonamides is 1. The minimum Gasteiger partial charge on any atom is -0.328 e. The molecule has 2 rings (SSSR count). The fourth-order valence-corrected chi connectivity index (χ4v) is 3.56. The standard InChI is InChI=1S/C16H25N3O2S/c1-4-6-10-17-22(20,21)14-8-9-16-15(12-14)18-13(3)19(16)11-7-5-2/h8-9,12,17H,4-7,10-11H2,1-3H3. The van der Waals surface area contributed by atoms with Gasteiger partial charge in [-0.1, -0.05) is 26.7 Å². The Hall–Kier alpha value is -1.40. The molecule has 0 fully saturated rings. The van der Waals surface area contributed by atoms with E-state index in [9.17, 15) is 8.42 Å². The molecule has 1 heterocycles. The lowest BCUT2D eigenvalue weighted by Crippen LogP contribution is -2.24. The molecule has 0 aliphatic carbocycles. The summed E-state index contributed by atoms with van der Waals surface area (Å²) in [6, 6.07) is 5.19. The molecule has 0 saturated carbocycles. The minimum atomic E-state index is -3.44. The molecular weight excluding hydrogens is 298 g/mol. The number of aryl methyl sites for hydroxylation is 2. The Morgan fingerprint density at radius 3 is 2.59 bits per heavy atom. The molecule has 0 spiro atoms. The number of unbranched alkanes of at least 4 members (excludes halogenated alkanes) is 2. The molecule has 6 heteroatoms. The molecule has 1 N–H and O–H groups in total. The van der Waals surface area contributed by atoms with Crippen LogP contribution in [-0.4, -0.2) is 24.5 Å². The maximum Gasteiger partial charge on any atom is 0.240 e. The zero-order chi connectivity index (χ0) is 16.2. The second-order valence-corrected chi connectivity index (χ2v) is 7.33. The first-order chi connectivity index (χ1) is 10.5. The normalized spacial score (nSPS) is 12.1. The first-order valence-electron chi connectivity index (χ1n) is 7.96. The molecule has 0 amide bonds. The summed E-state index contributed by atoms with van der Waals surface area (Å²) in [7, 11) is -3.44. The van der Waals surface area contributed by atoms with Crippen molar-refractivity contribution in [1.82, 2.24) is 14.3 Å². The summed E-state index contributed by atoms with van der Waals surface area (Å²) in [6.07, 6.45) is 4.01. The number of nitrogens with one attached hydrogen (secondary N) is 1. The molecule has 1 aromatic carbocycles. The largest absolute Gasteiger partial charge is 0.328 e. The Morgan fingerprint density at radius 1 is 1.18 bits per heavy atom. The zero-order valence-corrected chi connectivity index (χ0v) is 14.4. The van der Waals surface area contributed by atoms with E-state index in [1.54, 1.807) is 12.1 Å². The van der Waals surface area contributed by atoms with E-state index in [2.05, 4.69) is 21.2 Å². The Balaban J connectivity index is 2.31. The van der Waals surface area contributed by atoms with Gasteiger partial charge in [0.15, 0.2) is 0 Å². The van der Waals surface area contributed by atoms with E-state index in [0.717, 1.165) is 49.1 Å². The summed E-state index contributed by atoms with van der Waals surface area (Å²) in [5.74, 6) is 0.928. The maximum absolute atomic E-state index is 12.3. The highest BCUT2D eigenvalue weighted by Crippen LogP contribution is 2.21. The molecule has 0 saturated heterocycles. The van der Waals surface area contributed by atoms with Gasteiger partial charge in [0.05, 0.1) is 15.9 Å². The number of nitrogens with zero attached hydrogens (tertiary/aromatic N) is 2. The zero-order valence-electron chi connectivity index (χ0n) is 13.6. The van der Waals surface area contributed by atoms with E-state index >= 15 is 0 Å². The topological polar surface area (TPSA) is 64.0 Å². The predicted molar refractivity (Wildman–Crippen MR) is 89.5 cm³/mol. The van der Waals surface area contributed by atoms with Crippen LogP contribution in [0.15, 0.2) is 23.1 Å². The highest BCUT2D eigenvalue weighted by molar-refractivity contribution is 7.89. The Morgan fingerprint density at radius 2 is 1.91 bits per heavy atom. The van der Waals surface area contributed by atoms with E-state index in [4.69, 9.17) is 0 Å². The monoisotopic (exact) mass is 323 g/mol. The highest BCUT2D eigenvalue weighted by Gasteiger charge is 2.16. The molecule has 5 nitrogen and oxygen atoms in total. The van der Waals surface area contributed by atoms with E-state index in [1.807, 2.05) is 19.9 Å². The van der Waals surface area contributed by atoms with Crippen LogP contribution < -0.4 is 4.72 Å². The van der Waals surface area contributed by atoms with Crippen molar-refractivity contribution in [3.8, 4) is 0 Å². The van der Waals surface area contributed by atoms with Crippen molar-refractivity contribution in [2.75, 3.05) is 6.54 Å². The Labute approximate surface area is 132 Å². The number of imidazole rings is 1. The molecule has 22 heavy (non-hydrogen) atoms. The fourth-order valence-electron chi connectivity index (χ4n) is 2.46. The third-order valence-electron chi connectivity index (χ3n) is 3.78. The molecule has 1 aromatic heterocycles. The molecule has 122 valence electrons. The van der Waals surface area contributed by atoms with Crippen LogP contribution in [0.2, 0.25) is 0 Å². The number of rotatable bonds is 8. The molecule has 0 atom stereocenters. The number of fused-ring (bicyclic) bond motifs is 1. The van der Waals surface area contributed by atoms with Crippen LogP contribution in [0.4, 0.5) is 0 Å². The molecule has 0 unspecified atom stereocenters. The van der Waals surface area contributed by atoms with Gasteiger partial charge in [0, 0.05) is 13.1 Å². The van der Waals surface area contributed by atoms with Crippen LogP contribution in [0, 0.1) is 6.92 Å². The fraction of sp³-hybridized carbons (Fsp3) is 0.562. The smallest absolute Gasteiger partial charge is 0.240 e. The highest BCUT2D eigenvalue weighted by atomic mass is 32.2. The van der Waals surface area contributed by atoms with Gasteiger partial charge in [0.25, 0.3) is 0 Å². The quantitative estimate of drug-likeness (QED) is 0.759. The van der Waals surface area contributed by atoms with Gasteiger partial charge >= 0.3 is 0 Å². The van der Waals surface area contributed by atoms with Crippen molar-refractivity contribution in [2.45, 2.75) is 57.9 Å². The van der Waals surface area contributed by atoms with Gasteiger partial charge in [-0.3, -0.25) is 0 Å². The summed E-state index contributed by atoms with van der Waals surface area (Å²) in [6.45, 7) is 7.54. The van der Waals surface area contributed by atoms with Crippen molar-refractivity contribution in [3.05, 3.63) is 24.0 Å². The lowest BCUT2D eigenvalue weighted by atomic mass is 10.3. The van der Waals surface area contributed by atoms with Gasteiger partial charge in [0.2, 0.25) is 10.0 Å². The average Bonchev–Trinajstić information content (AvgIpc) is 2.79. The average molecular weight is 323 g/mol. The third kappa shape index (κ3) is 3.67. The lowest BCUT2D eigenvalue weighted by Gasteiger charge is -2.07. The van der Waals surface area contributed by atoms with Crippen LogP contribution in [0.3, 0.4) is 0 Å². The molecule has 2 aromatic rings. The number of benzene rings is 1. The van der Waals surface area contributed by atoms with Crippen molar-refractivity contribution in [1.29, 1.82) is 0 Å². The summed E-state index contributed by atoms with van der Waals surface area (Å²) in [5.41, 5.74) is 1.74. The molecular formula is C16H25N3O2S. The first-order valence-corrected chi connectivity index (χ1v) is 9.44. The first kappa shape index (κ1) is 17.0. The van der Waals surface area contributed by atoms with Crippen LogP contribution in [0.25, 0.3) is 11.0 Å². The molecule has 0 aliphatic heterocycles. The number of hydrogen-bond acceptors (Lipinski definition) is 3. The summed E-state index contributed by atoms with van der Waals surface area (Å²) in [4.78, 5) is 4.80. The van der Waals surface area contributed by atoms with Gasteiger partial charge < -0.3 is 4.57 Å². The number of hydrogen-bond donors (Lipinski definition) is 1. The minimum absolute atomic E-state index is 0.288. The van der Waals surface area contributed by atoms with Crippen molar-refractivity contribution in [2.24, 2.45) is 0 Å². The van der Waals surface area contributed by atoms with Crippen molar-refractivity contribution < 1.29 is 8.42 Å². The van der Waals surface area contributed by atoms with Crippen molar-refractivity contribution in [3.63, 3.8) is 0 Å². The van der Waals surface area contributed by atoms with E-state index < -0.39 is 10.0 Å². The lowest BCUT2D eigenvalue weighted by molar-refractivity contribution is 0.578. The van der Waals surface area contributed by atoms with Gasteiger partial charge in [-0.15, -0.1) is 0 Å². The Bertz CT molecular complexity index is 735. The van der Waals surface area contributed by atoms with Gasteiger partial charge in [-0.25, -0.2) is 18.1 Å². The maximum atomic E-state index is 12.3. The van der Waals surface area contributed by atoms with Crippen LogP contribution >= 0.6 is 0 Å². The van der Waals surface area contributed by atoms with Gasteiger partial charge in [-0.2, -0.15) is 0 Å². The van der Waals surface area contributed by atoms with Crippen molar-refractivity contribution >= 4 is 21.1 Å². The summed E-state index contributed by atoms with van der Waals surface area (Å²) >= 11 is 0. The predicted octanol–water partition coefficient (Wildman–Crippen LogP) is 3.22. The Kier molecular flexibility index (Phi) is 5.58.